The summed E-state index contributed by atoms with van der Waals surface area (Å²) < 4.78 is 5.28. The van der Waals surface area contributed by atoms with E-state index in [-0.39, 0.29) is 0 Å². The van der Waals surface area contributed by atoms with Crippen LogP contribution in [0.1, 0.15) is 16.7 Å². The maximum Gasteiger partial charge on any atom is 0.122 e. The van der Waals surface area contributed by atoms with Crippen molar-refractivity contribution in [3.63, 3.8) is 0 Å². The molecular formula is C11H15ClO. The zero-order valence-corrected chi connectivity index (χ0v) is 9.11. The lowest BCUT2D eigenvalue weighted by Crippen LogP contribution is -1.95. The SMILES string of the molecule is COc1cc(C)c(C)cc1CCCl. The fourth-order valence-corrected chi connectivity index (χ4v) is 1.54. The number of aryl methyl sites for hydroxylation is 3. The minimum atomic E-state index is 0.638. The molecule has 0 heterocycles. The Labute approximate surface area is 84.7 Å². The van der Waals surface area contributed by atoms with Crippen molar-refractivity contribution in [2.75, 3.05) is 13.0 Å². The first-order chi connectivity index (χ1) is 6.19. The molecule has 0 aliphatic rings. The zero-order valence-electron chi connectivity index (χ0n) is 8.36. The lowest BCUT2D eigenvalue weighted by Gasteiger charge is -2.10. The van der Waals surface area contributed by atoms with E-state index in [4.69, 9.17) is 16.3 Å². The van der Waals surface area contributed by atoms with Crippen molar-refractivity contribution in [2.45, 2.75) is 20.3 Å². The second-order valence-corrected chi connectivity index (χ2v) is 3.57. The Morgan fingerprint density at radius 2 is 1.85 bits per heavy atom. The smallest absolute Gasteiger partial charge is 0.122 e. The third-order valence-electron chi connectivity index (χ3n) is 2.26. The molecule has 1 rings (SSSR count). The summed E-state index contributed by atoms with van der Waals surface area (Å²) in [5.41, 5.74) is 3.75. The normalized spacial score (nSPS) is 10.2. The third kappa shape index (κ3) is 2.38. The first kappa shape index (κ1) is 10.4. The summed E-state index contributed by atoms with van der Waals surface area (Å²) in [6.45, 7) is 4.19. The van der Waals surface area contributed by atoms with Crippen LogP contribution in [-0.4, -0.2) is 13.0 Å². The molecule has 0 aliphatic heterocycles. The second-order valence-electron chi connectivity index (χ2n) is 3.19. The molecule has 0 N–H and O–H groups in total. The van der Waals surface area contributed by atoms with E-state index in [0.29, 0.717) is 5.88 Å². The fourth-order valence-electron chi connectivity index (χ4n) is 1.34. The molecule has 0 amide bonds. The van der Waals surface area contributed by atoms with Crippen LogP contribution in [0.4, 0.5) is 0 Å². The van der Waals surface area contributed by atoms with Gasteiger partial charge in [0, 0.05) is 5.88 Å². The summed E-state index contributed by atoms with van der Waals surface area (Å²) in [7, 11) is 1.70. The largest absolute Gasteiger partial charge is 0.496 e. The predicted octanol–water partition coefficient (Wildman–Crippen LogP) is 3.09. The van der Waals surface area contributed by atoms with E-state index in [2.05, 4.69) is 26.0 Å². The predicted molar refractivity (Wildman–Crippen MR) is 56.9 cm³/mol. The summed E-state index contributed by atoms with van der Waals surface area (Å²) in [5.74, 6) is 1.59. The zero-order chi connectivity index (χ0) is 9.84. The number of ether oxygens (including phenoxy) is 1. The van der Waals surface area contributed by atoms with E-state index < -0.39 is 0 Å². The van der Waals surface area contributed by atoms with Crippen LogP contribution in [0.3, 0.4) is 0 Å². The average Bonchev–Trinajstić information content (AvgIpc) is 2.11. The van der Waals surface area contributed by atoms with E-state index in [1.54, 1.807) is 7.11 Å². The van der Waals surface area contributed by atoms with Gasteiger partial charge in [-0.3, -0.25) is 0 Å². The van der Waals surface area contributed by atoms with Crippen LogP contribution in [0.5, 0.6) is 5.75 Å². The Morgan fingerprint density at radius 3 is 2.38 bits per heavy atom. The molecule has 0 saturated carbocycles. The van der Waals surface area contributed by atoms with Gasteiger partial charge in [-0.05, 0) is 43.0 Å². The summed E-state index contributed by atoms with van der Waals surface area (Å²) >= 11 is 5.70. The van der Waals surface area contributed by atoms with E-state index in [0.717, 1.165) is 12.2 Å². The van der Waals surface area contributed by atoms with Gasteiger partial charge in [0.2, 0.25) is 0 Å². The van der Waals surface area contributed by atoms with Gasteiger partial charge < -0.3 is 4.74 Å². The quantitative estimate of drug-likeness (QED) is 0.679. The molecule has 1 nitrogen and oxygen atoms in total. The average molecular weight is 199 g/mol. The number of hydrogen-bond donors (Lipinski definition) is 0. The van der Waals surface area contributed by atoms with E-state index in [1.807, 2.05) is 0 Å². The molecule has 0 spiro atoms. The number of methoxy groups -OCH3 is 1. The summed E-state index contributed by atoms with van der Waals surface area (Å²) in [6, 6.07) is 4.22. The first-order valence-electron chi connectivity index (χ1n) is 4.39. The van der Waals surface area contributed by atoms with Crippen LogP contribution >= 0.6 is 11.6 Å². The standard InChI is InChI=1S/C11H15ClO/c1-8-6-10(4-5-12)11(13-3)7-9(8)2/h6-7H,4-5H2,1-3H3. The van der Waals surface area contributed by atoms with Crippen LogP contribution in [0, 0.1) is 13.8 Å². The monoisotopic (exact) mass is 198 g/mol. The molecule has 1 aromatic carbocycles. The van der Waals surface area contributed by atoms with Gasteiger partial charge in [-0.2, -0.15) is 0 Å². The van der Waals surface area contributed by atoms with Gasteiger partial charge in [-0.15, -0.1) is 11.6 Å². The highest BCUT2D eigenvalue weighted by molar-refractivity contribution is 6.18. The molecule has 0 bridgehead atoms. The van der Waals surface area contributed by atoms with E-state index >= 15 is 0 Å². The number of rotatable bonds is 3. The molecule has 1 aromatic rings. The maximum absolute atomic E-state index is 5.70. The Balaban J connectivity index is 3.09. The Kier molecular flexibility index (Phi) is 3.61. The van der Waals surface area contributed by atoms with E-state index in [1.165, 1.54) is 16.7 Å². The summed E-state index contributed by atoms with van der Waals surface area (Å²) in [5, 5.41) is 0. The maximum atomic E-state index is 5.70. The highest BCUT2D eigenvalue weighted by atomic mass is 35.5. The molecule has 0 unspecified atom stereocenters. The van der Waals surface area contributed by atoms with Crippen LogP contribution in [0.15, 0.2) is 12.1 Å². The lowest BCUT2D eigenvalue weighted by molar-refractivity contribution is 0.409. The Hall–Kier alpha value is -0.690. The molecule has 0 radical (unpaired) electrons. The van der Waals surface area contributed by atoms with Gasteiger partial charge in [0.25, 0.3) is 0 Å². The third-order valence-corrected chi connectivity index (χ3v) is 2.45. The van der Waals surface area contributed by atoms with Crippen molar-refractivity contribution < 1.29 is 4.74 Å². The minimum Gasteiger partial charge on any atom is -0.496 e. The first-order valence-corrected chi connectivity index (χ1v) is 4.92. The van der Waals surface area contributed by atoms with Crippen molar-refractivity contribution >= 4 is 11.6 Å². The van der Waals surface area contributed by atoms with Gasteiger partial charge in [0.15, 0.2) is 0 Å². The molecule has 2 heteroatoms. The number of alkyl halides is 1. The molecular weight excluding hydrogens is 184 g/mol. The van der Waals surface area contributed by atoms with Crippen molar-refractivity contribution in [3.05, 3.63) is 28.8 Å². The topological polar surface area (TPSA) is 9.23 Å². The lowest BCUT2D eigenvalue weighted by atomic mass is 10.0. The van der Waals surface area contributed by atoms with E-state index in [9.17, 15) is 0 Å². The van der Waals surface area contributed by atoms with Gasteiger partial charge in [0.05, 0.1) is 7.11 Å². The molecule has 13 heavy (non-hydrogen) atoms. The Bertz CT molecular complexity index is 294. The minimum absolute atomic E-state index is 0.638. The van der Waals surface area contributed by atoms with Crippen molar-refractivity contribution in [2.24, 2.45) is 0 Å². The number of halogens is 1. The highest BCUT2D eigenvalue weighted by Crippen LogP contribution is 2.23. The van der Waals surface area contributed by atoms with Gasteiger partial charge in [-0.25, -0.2) is 0 Å². The molecule has 0 aromatic heterocycles. The number of benzene rings is 1. The van der Waals surface area contributed by atoms with Crippen LogP contribution in [0.2, 0.25) is 0 Å². The molecule has 72 valence electrons. The van der Waals surface area contributed by atoms with Crippen molar-refractivity contribution in [1.29, 1.82) is 0 Å². The molecule has 0 saturated heterocycles. The van der Waals surface area contributed by atoms with Crippen molar-refractivity contribution in [1.82, 2.24) is 0 Å². The highest BCUT2D eigenvalue weighted by Gasteiger charge is 2.04. The van der Waals surface area contributed by atoms with Gasteiger partial charge in [-0.1, -0.05) is 6.07 Å². The second kappa shape index (κ2) is 4.52. The van der Waals surface area contributed by atoms with Crippen molar-refractivity contribution in [3.8, 4) is 5.75 Å². The van der Waals surface area contributed by atoms with Gasteiger partial charge in [0.1, 0.15) is 5.75 Å². The van der Waals surface area contributed by atoms with Crippen LogP contribution in [-0.2, 0) is 6.42 Å². The van der Waals surface area contributed by atoms with Gasteiger partial charge >= 0.3 is 0 Å². The molecule has 0 fully saturated rings. The Morgan fingerprint density at radius 1 is 1.23 bits per heavy atom. The number of hydrogen-bond acceptors (Lipinski definition) is 1. The fraction of sp³-hybridized carbons (Fsp3) is 0.455. The van der Waals surface area contributed by atoms with Crippen LogP contribution < -0.4 is 4.74 Å². The van der Waals surface area contributed by atoms with Crippen LogP contribution in [0.25, 0.3) is 0 Å². The summed E-state index contributed by atoms with van der Waals surface area (Å²) in [4.78, 5) is 0. The summed E-state index contributed by atoms with van der Waals surface area (Å²) in [6.07, 6.45) is 0.867. The molecule has 0 aliphatic carbocycles. The molecule has 0 atom stereocenters.